The number of carboxylic acids is 1. The molecule has 2 fully saturated rings. The molecule has 1 unspecified atom stereocenters. The van der Waals surface area contributed by atoms with Crippen molar-refractivity contribution in [2.75, 3.05) is 19.7 Å². The van der Waals surface area contributed by atoms with Gasteiger partial charge < -0.3 is 14.6 Å². The largest absolute Gasteiger partial charge is 0.478 e. The van der Waals surface area contributed by atoms with E-state index in [4.69, 9.17) is 14.6 Å². The monoisotopic (exact) mass is 493 g/mol. The van der Waals surface area contributed by atoms with Gasteiger partial charge in [-0.05, 0) is 72.0 Å². The molecule has 2 aliphatic heterocycles. The molecule has 0 saturated carbocycles. The Morgan fingerprint density at radius 3 is 2.60 bits per heavy atom. The van der Waals surface area contributed by atoms with Crippen molar-refractivity contribution in [3.63, 3.8) is 0 Å². The maximum absolute atomic E-state index is 12.5. The number of aromatic carboxylic acids is 1. The number of nitrogens with zero attached hydrogens (tertiary/aromatic N) is 3. The van der Waals surface area contributed by atoms with Crippen LogP contribution in [0.1, 0.15) is 46.1 Å². The molecule has 2 aliphatic rings. The van der Waals surface area contributed by atoms with Gasteiger partial charge in [0.2, 0.25) is 5.88 Å². The number of likely N-dealkylation sites (tertiary alicyclic amines) is 1. The quantitative estimate of drug-likeness (QED) is 0.490. The lowest BCUT2D eigenvalue weighted by atomic mass is 9.99. The van der Waals surface area contributed by atoms with E-state index in [1.54, 1.807) is 23.5 Å². The molecule has 1 N–H and O–H groups in total. The molecule has 8 nitrogen and oxygen atoms in total. The highest BCUT2D eigenvalue weighted by atomic mass is 32.1. The van der Waals surface area contributed by atoms with Crippen LogP contribution in [-0.4, -0.2) is 57.7 Å². The lowest BCUT2D eigenvalue weighted by molar-refractivity contribution is 0.0696. The van der Waals surface area contributed by atoms with Crippen LogP contribution in [-0.2, 0) is 11.3 Å². The van der Waals surface area contributed by atoms with Crippen LogP contribution in [0.15, 0.2) is 53.2 Å². The molecule has 4 heterocycles. The van der Waals surface area contributed by atoms with E-state index in [1.807, 2.05) is 29.3 Å². The molecule has 0 radical (unpaired) electrons. The maximum atomic E-state index is 12.5. The zero-order valence-corrected chi connectivity index (χ0v) is 20.2. The summed E-state index contributed by atoms with van der Waals surface area (Å²) in [7, 11) is 0. The zero-order valence-electron chi connectivity index (χ0n) is 19.4. The minimum atomic E-state index is -0.971. The molecule has 35 heavy (non-hydrogen) atoms. The van der Waals surface area contributed by atoms with Gasteiger partial charge in [-0.2, -0.15) is 11.3 Å². The molecular formula is C26H27N3O5S. The van der Waals surface area contributed by atoms with Gasteiger partial charge in [-0.15, -0.1) is 0 Å². The molecule has 1 aromatic carbocycles. The number of pyridine rings is 1. The Morgan fingerprint density at radius 2 is 1.94 bits per heavy atom. The predicted octanol–water partition coefficient (Wildman–Crippen LogP) is 5.10. The Kier molecular flexibility index (Phi) is 6.70. The van der Waals surface area contributed by atoms with Crippen LogP contribution in [0.2, 0.25) is 0 Å². The van der Waals surface area contributed by atoms with Gasteiger partial charge in [0, 0.05) is 37.4 Å². The summed E-state index contributed by atoms with van der Waals surface area (Å²) in [6, 6.07) is 12.4. The summed E-state index contributed by atoms with van der Waals surface area (Å²) in [5.74, 6) is 0.0412. The number of aryl methyl sites for hydroxylation is 1. The Morgan fingerprint density at radius 1 is 1.17 bits per heavy atom. The number of carbonyl (C=O) groups excluding carboxylic acids is 1. The van der Waals surface area contributed by atoms with Crippen LogP contribution in [0.25, 0.3) is 0 Å². The number of piperidine rings is 1. The first-order valence-corrected chi connectivity index (χ1v) is 12.6. The van der Waals surface area contributed by atoms with Gasteiger partial charge in [-0.25, -0.2) is 14.6 Å². The van der Waals surface area contributed by atoms with Gasteiger partial charge in [-0.3, -0.25) is 9.80 Å². The normalized spacial score (nSPS) is 19.1. The van der Waals surface area contributed by atoms with Gasteiger partial charge in [-0.1, -0.05) is 6.07 Å². The Hall–Kier alpha value is -3.43. The predicted molar refractivity (Wildman–Crippen MR) is 131 cm³/mol. The molecule has 2 aromatic heterocycles. The van der Waals surface area contributed by atoms with E-state index >= 15 is 0 Å². The minimum Gasteiger partial charge on any atom is -0.478 e. The molecule has 0 bridgehead atoms. The van der Waals surface area contributed by atoms with Crippen molar-refractivity contribution in [2.24, 2.45) is 0 Å². The van der Waals surface area contributed by atoms with Crippen LogP contribution in [0.4, 0.5) is 4.79 Å². The number of rotatable bonds is 7. The number of benzene rings is 1. The third kappa shape index (κ3) is 5.16. The highest BCUT2D eigenvalue weighted by Crippen LogP contribution is 2.34. The van der Waals surface area contributed by atoms with Crippen molar-refractivity contribution in [1.29, 1.82) is 0 Å². The van der Waals surface area contributed by atoms with Gasteiger partial charge in [0.1, 0.15) is 12.4 Å². The molecule has 1 atom stereocenters. The van der Waals surface area contributed by atoms with Crippen molar-refractivity contribution in [3.8, 4) is 11.6 Å². The number of cyclic esters (lactones) is 1. The standard InChI is InChI=1S/C26H27N3O5S/c1-17-19(4-7-24(27-17)34-22-5-2-18(3-6-22)25(30)31)14-28-11-8-21(9-12-28)29-23(15-33-26(29)32)20-10-13-35-16-20/h2-7,10,13,16,21,23H,8-9,11-12,14-15H2,1H3,(H,30,31). The van der Waals surface area contributed by atoms with E-state index in [1.165, 1.54) is 12.1 Å². The van der Waals surface area contributed by atoms with Gasteiger partial charge >= 0.3 is 12.1 Å². The summed E-state index contributed by atoms with van der Waals surface area (Å²) in [5.41, 5.74) is 3.40. The van der Waals surface area contributed by atoms with Gasteiger partial charge in [0.05, 0.1) is 11.6 Å². The number of carbonyl (C=O) groups is 2. The number of ether oxygens (including phenoxy) is 2. The van der Waals surface area contributed by atoms with Crippen LogP contribution < -0.4 is 4.74 Å². The lowest BCUT2D eigenvalue weighted by Gasteiger charge is -2.37. The van der Waals surface area contributed by atoms with E-state index in [0.29, 0.717) is 18.2 Å². The number of hydrogen-bond donors (Lipinski definition) is 1. The Labute approximate surface area is 207 Å². The van der Waals surface area contributed by atoms with Crippen molar-refractivity contribution < 1.29 is 24.2 Å². The van der Waals surface area contributed by atoms with E-state index in [9.17, 15) is 9.59 Å². The summed E-state index contributed by atoms with van der Waals surface area (Å²) in [5, 5.41) is 13.2. The summed E-state index contributed by atoms with van der Waals surface area (Å²) >= 11 is 1.64. The third-order valence-electron chi connectivity index (χ3n) is 6.68. The number of aromatic nitrogens is 1. The highest BCUT2D eigenvalue weighted by molar-refractivity contribution is 7.08. The van der Waals surface area contributed by atoms with Gasteiger partial charge in [0.25, 0.3) is 0 Å². The fraction of sp³-hybridized carbons (Fsp3) is 0.346. The Bertz CT molecular complexity index is 1190. The minimum absolute atomic E-state index is 0.0182. The highest BCUT2D eigenvalue weighted by Gasteiger charge is 2.40. The fourth-order valence-electron chi connectivity index (χ4n) is 4.73. The second-order valence-electron chi connectivity index (χ2n) is 8.89. The molecule has 5 rings (SSSR count). The van der Waals surface area contributed by atoms with Crippen molar-refractivity contribution in [3.05, 3.63) is 75.6 Å². The van der Waals surface area contributed by atoms with E-state index in [0.717, 1.165) is 49.3 Å². The number of amides is 1. The SMILES string of the molecule is Cc1nc(Oc2ccc(C(=O)O)cc2)ccc1CN1CCC(N2C(=O)OCC2c2ccsc2)CC1. The number of thiophene rings is 1. The Balaban J connectivity index is 1.17. The first-order chi connectivity index (χ1) is 17.0. The molecule has 182 valence electrons. The summed E-state index contributed by atoms with van der Waals surface area (Å²) in [4.78, 5) is 32.4. The number of carboxylic acid groups (broad SMARTS) is 1. The van der Waals surface area contributed by atoms with E-state index in [-0.39, 0.29) is 23.7 Å². The third-order valence-corrected chi connectivity index (χ3v) is 7.38. The summed E-state index contributed by atoms with van der Waals surface area (Å²) in [6.07, 6.45) is 1.62. The van der Waals surface area contributed by atoms with Crippen molar-refractivity contribution in [2.45, 2.75) is 38.4 Å². The van der Waals surface area contributed by atoms with Crippen LogP contribution in [0.5, 0.6) is 11.6 Å². The topological polar surface area (TPSA) is 92.2 Å². The second kappa shape index (κ2) is 10.1. The molecule has 2 saturated heterocycles. The first-order valence-electron chi connectivity index (χ1n) is 11.6. The van der Waals surface area contributed by atoms with Crippen LogP contribution in [0.3, 0.4) is 0 Å². The molecule has 1 amide bonds. The second-order valence-corrected chi connectivity index (χ2v) is 9.67. The molecule has 3 aromatic rings. The molecule has 0 aliphatic carbocycles. The van der Waals surface area contributed by atoms with E-state index < -0.39 is 5.97 Å². The first kappa shape index (κ1) is 23.3. The summed E-state index contributed by atoms with van der Waals surface area (Å²) < 4.78 is 11.2. The van der Waals surface area contributed by atoms with Gasteiger partial charge in [0.15, 0.2) is 0 Å². The van der Waals surface area contributed by atoms with Crippen LogP contribution >= 0.6 is 11.3 Å². The average molecular weight is 494 g/mol. The van der Waals surface area contributed by atoms with E-state index in [2.05, 4.69) is 21.3 Å². The summed E-state index contributed by atoms with van der Waals surface area (Å²) in [6.45, 7) is 4.99. The molecule has 9 heteroatoms. The van der Waals surface area contributed by atoms with Crippen LogP contribution in [0, 0.1) is 6.92 Å². The lowest BCUT2D eigenvalue weighted by Crippen LogP contribution is -2.46. The number of hydrogen-bond acceptors (Lipinski definition) is 7. The molecule has 0 spiro atoms. The fourth-order valence-corrected chi connectivity index (χ4v) is 5.44. The smallest absolute Gasteiger partial charge is 0.410 e. The van der Waals surface area contributed by atoms with Crippen molar-refractivity contribution in [1.82, 2.24) is 14.8 Å². The maximum Gasteiger partial charge on any atom is 0.410 e. The molecular weight excluding hydrogens is 466 g/mol. The van der Waals surface area contributed by atoms with Crippen molar-refractivity contribution >= 4 is 23.4 Å². The zero-order chi connectivity index (χ0) is 24.4. The average Bonchev–Trinajstić information content (AvgIpc) is 3.51.